The molecule has 0 spiro atoms. The largest absolute Gasteiger partial charge is 0.483 e. The molecule has 0 aliphatic carbocycles. The number of rotatable bonds is 5. The van der Waals surface area contributed by atoms with Crippen molar-refractivity contribution in [3.05, 3.63) is 63.2 Å². The number of nitrogens with one attached hydrogen (secondary N) is 2. The molecule has 0 aliphatic heterocycles. The first-order valence-electron chi connectivity index (χ1n) is 7.51. The van der Waals surface area contributed by atoms with Crippen LogP contribution in [0, 0.1) is 6.92 Å². The maximum Gasteiger partial charge on any atom is 0.277 e. The molecule has 1 aromatic heterocycles. The summed E-state index contributed by atoms with van der Waals surface area (Å²) in [5.74, 6) is 0.187. The van der Waals surface area contributed by atoms with Crippen molar-refractivity contribution in [2.24, 2.45) is 5.10 Å². The van der Waals surface area contributed by atoms with E-state index in [0.717, 1.165) is 22.2 Å². The van der Waals surface area contributed by atoms with E-state index < -0.39 is 0 Å². The molecule has 0 aliphatic rings. The van der Waals surface area contributed by atoms with Gasteiger partial charge in [0, 0.05) is 27.2 Å². The predicted octanol–water partition coefficient (Wildman–Crippen LogP) is 4.42. The molecule has 0 fully saturated rings. The lowest BCUT2D eigenvalue weighted by Gasteiger charge is -2.07. The number of nitrogens with zero attached hydrogens (tertiary/aromatic N) is 1. The molecule has 25 heavy (non-hydrogen) atoms. The van der Waals surface area contributed by atoms with E-state index in [0.29, 0.717) is 15.2 Å². The molecule has 2 aromatic carbocycles. The Labute approximate surface area is 158 Å². The molecule has 5 nitrogen and oxygen atoms in total. The molecule has 3 rings (SSSR count). The van der Waals surface area contributed by atoms with Gasteiger partial charge in [0.15, 0.2) is 6.61 Å². The highest BCUT2D eigenvalue weighted by Gasteiger charge is 2.07. The monoisotopic (exact) mass is 419 g/mol. The summed E-state index contributed by atoms with van der Waals surface area (Å²) in [5, 5.41) is 5.66. The second-order valence-electron chi connectivity index (χ2n) is 5.37. The molecule has 128 valence electrons. The van der Waals surface area contributed by atoms with Gasteiger partial charge in [-0.3, -0.25) is 4.79 Å². The summed E-state index contributed by atoms with van der Waals surface area (Å²) in [6, 6.07) is 13.0. The van der Waals surface area contributed by atoms with Gasteiger partial charge in [-0.15, -0.1) is 0 Å². The van der Waals surface area contributed by atoms with Crippen LogP contribution in [0.25, 0.3) is 10.9 Å². The van der Waals surface area contributed by atoms with Crippen LogP contribution in [0.4, 0.5) is 0 Å². The second-order valence-corrected chi connectivity index (χ2v) is 6.66. The number of aromatic amines is 1. The summed E-state index contributed by atoms with van der Waals surface area (Å²) in [6.45, 7) is 1.81. The summed E-state index contributed by atoms with van der Waals surface area (Å²) in [7, 11) is 0. The molecule has 0 bridgehead atoms. The number of H-pyrrole nitrogens is 1. The molecule has 1 heterocycles. The fourth-order valence-corrected chi connectivity index (χ4v) is 3.20. The van der Waals surface area contributed by atoms with E-state index in [1.807, 2.05) is 31.2 Å². The van der Waals surface area contributed by atoms with Crippen molar-refractivity contribution in [1.29, 1.82) is 0 Å². The zero-order valence-electron chi connectivity index (χ0n) is 13.3. The topological polar surface area (TPSA) is 66.5 Å². The van der Waals surface area contributed by atoms with Crippen molar-refractivity contribution in [3.63, 3.8) is 0 Å². The van der Waals surface area contributed by atoms with Crippen molar-refractivity contribution in [2.45, 2.75) is 6.92 Å². The number of amides is 1. The minimum Gasteiger partial charge on any atom is -0.483 e. The standard InChI is InChI=1S/C18H15BrClN3O2/c1-11-14(13-4-2-3-5-16(13)22-11)9-21-23-18(24)10-25-17-7-6-12(20)8-15(17)19/h2-9,22H,10H2,1H3,(H,23,24)/b21-9+. The molecule has 2 N–H and O–H groups in total. The van der Waals surface area contributed by atoms with Gasteiger partial charge in [0.1, 0.15) is 5.75 Å². The fourth-order valence-electron chi connectivity index (χ4n) is 2.40. The number of carbonyl (C=O) groups excluding carboxylic acids is 1. The number of ether oxygens (including phenoxy) is 1. The van der Waals surface area contributed by atoms with Gasteiger partial charge >= 0.3 is 0 Å². The summed E-state index contributed by atoms with van der Waals surface area (Å²) in [6.07, 6.45) is 1.63. The van der Waals surface area contributed by atoms with Gasteiger partial charge in [-0.1, -0.05) is 29.8 Å². The molecular formula is C18H15BrClN3O2. The molecule has 3 aromatic rings. The highest BCUT2D eigenvalue weighted by atomic mass is 79.9. The van der Waals surface area contributed by atoms with Crippen LogP contribution in [0.15, 0.2) is 52.0 Å². The Kier molecular flexibility index (Phi) is 5.40. The fraction of sp³-hybridized carbons (Fsp3) is 0.111. The maximum atomic E-state index is 11.9. The first-order chi connectivity index (χ1) is 12.0. The summed E-state index contributed by atoms with van der Waals surface area (Å²) in [4.78, 5) is 15.2. The summed E-state index contributed by atoms with van der Waals surface area (Å²) >= 11 is 9.20. The Hall–Kier alpha value is -2.31. The lowest BCUT2D eigenvalue weighted by Crippen LogP contribution is -2.24. The van der Waals surface area contributed by atoms with Gasteiger partial charge in [-0.25, -0.2) is 5.43 Å². The van der Waals surface area contributed by atoms with E-state index in [1.54, 1.807) is 24.4 Å². The van der Waals surface area contributed by atoms with Crippen LogP contribution in [0.1, 0.15) is 11.3 Å². The van der Waals surface area contributed by atoms with E-state index in [4.69, 9.17) is 16.3 Å². The first-order valence-corrected chi connectivity index (χ1v) is 8.69. The quantitative estimate of drug-likeness (QED) is 0.474. The van der Waals surface area contributed by atoms with Crippen molar-refractivity contribution in [3.8, 4) is 5.75 Å². The Balaban J connectivity index is 1.60. The normalized spacial score (nSPS) is 11.2. The molecule has 0 atom stereocenters. The summed E-state index contributed by atoms with van der Waals surface area (Å²) < 4.78 is 6.12. The zero-order chi connectivity index (χ0) is 17.8. The minimum absolute atomic E-state index is 0.148. The molecule has 0 unspecified atom stereocenters. The number of hydrazone groups is 1. The summed E-state index contributed by atoms with van der Waals surface area (Å²) in [5.41, 5.74) is 5.42. The highest BCUT2D eigenvalue weighted by Crippen LogP contribution is 2.27. The zero-order valence-corrected chi connectivity index (χ0v) is 15.7. The van der Waals surface area contributed by atoms with Crippen LogP contribution in [0.5, 0.6) is 5.75 Å². The Morgan fingerprint density at radius 2 is 2.16 bits per heavy atom. The molecule has 7 heteroatoms. The molecule has 0 saturated carbocycles. The van der Waals surface area contributed by atoms with E-state index in [1.165, 1.54) is 0 Å². The second kappa shape index (κ2) is 7.72. The first kappa shape index (κ1) is 17.5. The van der Waals surface area contributed by atoms with Gasteiger partial charge in [0.25, 0.3) is 5.91 Å². The van der Waals surface area contributed by atoms with Crippen LogP contribution in [0.2, 0.25) is 5.02 Å². The van der Waals surface area contributed by atoms with Crippen LogP contribution in [-0.4, -0.2) is 23.7 Å². The number of carbonyl (C=O) groups is 1. The van der Waals surface area contributed by atoms with E-state index >= 15 is 0 Å². The van der Waals surface area contributed by atoms with Gasteiger partial charge in [-0.2, -0.15) is 5.10 Å². The number of halogens is 2. The van der Waals surface area contributed by atoms with Gasteiger partial charge in [-0.05, 0) is 47.1 Å². The van der Waals surface area contributed by atoms with Crippen molar-refractivity contribution in [2.75, 3.05) is 6.61 Å². The number of aromatic nitrogens is 1. The number of aryl methyl sites for hydroxylation is 1. The van der Waals surface area contributed by atoms with Crippen LogP contribution in [-0.2, 0) is 4.79 Å². The van der Waals surface area contributed by atoms with E-state index in [-0.39, 0.29) is 12.5 Å². The predicted molar refractivity (Wildman–Crippen MR) is 103 cm³/mol. The number of hydrogen-bond acceptors (Lipinski definition) is 3. The van der Waals surface area contributed by atoms with Crippen molar-refractivity contribution >= 4 is 50.6 Å². The number of hydrogen-bond donors (Lipinski definition) is 2. The third kappa shape index (κ3) is 4.21. The number of para-hydroxylation sites is 1. The lowest BCUT2D eigenvalue weighted by molar-refractivity contribution is -0.123. The smallest absolute Gasteiger partial charge is 0.277 e. The number of benzene rings is 2. The Morgan fingerprint density at radius 3 is 2.96 bits per heavy atom. The maximum absolute atomic E-state index is 11.9. The average molecular weight is 421 g/mol. The van der Waals surface area contributed by atoms with Crippen LogP contribution >= 0.6 is 27.5 Å². The molecular weight excluding hydrogens is 406 g/mol. The van der Waals surface area contributed by atoms with Gasteiger partial charge in [0.2, 0.25) is 0 Å². The Bertz CT molecular complexity index is 953. The van der Waals surface area contributed by atoms with E-state index in [9.17, 15) is 4.79 Å². The molecule has 1 amide bonds. The molecule has 0 saturated heterocycles. The SMILES string of the molecule is Cc1[nH]c2ccccc2c1/C=N/NC(=O)COc1ccc(Cl)cc1Br. The van der Waals surface area contributed by atoms with Crippen molar-refractivity contribution < 1.29 is 9.53 Å². The van der Waals surface area contributed by atoms with Crippen LogP contribution < -0.4 is 10.2 Å². The highest BCUT2D eigenvalue weighted by molar-refractivity contribution is 9.10. The third-order valence-corrected chi connectivity index (χ3v) is 4.43. The van der Waals surface area contributed by atoms with Crippen LogP contribution in [0.3, 0.4) is 0 Å². The molecule has 0 radical (unpaired) electrons. The Morgan fingerprint density at radius 1 is 1.36 bits per heavy atom. The minimum atomic E-state index is -0.351. The number of fused-ring (bicyclic) bond motifs is 1. The van der Waals surface area contributed by atoms with Gasteiger partial charge < -0.3 is 9.72 Å². The van der Waals surface area contributed by atoms with Gasteiger partial charge in [0.05, 0.1) is 10.7 Å². The lowest BCUT2D eigenvalue weighted by atomic mass is 10.1. The average Bonchev–Trinajstić information content (AvgIpc) is 2.90. The third-order valence-electron chi connectivity index (χ3n) is 3.58. The van der Waals surface area contributed by atoms with E-state index in [2.05, 4.69) is 31.4 Å². The van der Waals surface area contributed by atoms with Crippen molar-refractivity contribution in [1.82, 2.24) is 10.4 Å².